The molecule has 0 fully saturated rings. The molecule has 1 amide bonds. The smallest absolute Gasteiger partial charge is 0.277 e. The van der Waals surface area contributed by atoms with Crippen LogP contribution in [0.4, 0.5) is 0 Å². The maximum absolute atomic E-state index is 13.0. The molecule has 1 unspecified atom stereocenters. The zero-order chi connectivity index (χ0) is 21.2. The number of aromatic nitrogens is 2. The first kappa shape index (κ1) is 20.0. The molecule has 3 aromatic heterocycles. The van der Waals surface area contributed by atoms with Gasteiger partial charge in [-0.15, -0.1) is 10.2 Å². The minimum absolute atomic E-state index is 0.120. The van der Waals surface area contributed by atoms with Crippen molar-refractivity contribution in [3.63, 3.8) is 0 Å². The zero-order valence-electron chi connectivity index (χ0n) is 16.6. The van der Waals surface area contributed by atoms with Crippen molar-refractivity contribution in [2.24, 2.45) is 5.10 Å². The third-order valence-corrected chi connectivity index (χ3v) is 6.12. The number of benzene rings is 1. The van der Waals surface area contributed by atoms with Crippen LogP contribution in [-0.2, 0) is 10.5 Å². The molecule has 0 saturated heterocycles. The molecule has 0 saturated carbocycles. The Kier molecular flexibility index (Phi) is 5.56. The summed E-state index contributed by atoms with van der Waals surface area (Å²) in [7, 11) is 0. The highest BCUT2D eigenvalue weighted by molar-refractivity contribution is 7.99. The minimum atomic E-state index is -0.332. The van der Waals surface area contributed by atoms with Gasteiger partial charge in [-0.3, -0.25) is 4.79 Å². The van der Waals surface area contributed by atoms with E-state index in [0.717, 1.165) is 11.0 Å². The van der Waals surface area contributed by atoms with Crippen LogP contribution in [0.3, 0.4) is 0 Å². The van der Waals surface area contributed by atoms with Gasteiger partial charge in [-0.2, -0.15) is 16.9 Å². The summed E-state index contributed by atoms with van der Waals surface area (Å²) in [6.45, 7) is 0. The Labute approximate surface area is 186 Å². The molecule has 1 aromatic carbocycles. The molecule has 0 aliphatic carbocycles. The van der Waals surface area contributed by atoms with Crippen LogP contribution in [0.5, 0.6) is 0 Å². The van der Waals surface area contributed by atoms with Crippen LogP contribution in [0, 0.1) is 0 Å². The largest absolute Gasteiger partial charge is 0.467 e. The number of para-hydroxylation sites is 1. The lowest BCUT2D eigenvalue weighted by atomic mass is 10.1. The fraction of sp³-hybridized carbons (Fsp3) is 0.238. The van der Waals surface area contributed by atoms with Crippen molar-refractivity contribution in [1.29, 1.82) is 0 Å². The van der Waals surface area contributed by atoms with Crippen molar-refractivity contribution in [2.75, 3.05) is 12.0 Å². The summed E-state index contributed by atoms with van der Waals surface area (Å²) in [5.41, 5.74) is 1.49. The summed E-state index contributed by atoms with van der Waals surface area (Å²) in [5.74, 6) is 2.45. The van der Waals surface area contributed by atoms with Crippen LogP contribution in [-0.4, -0.2) is 38.8 Å². The second-order valence-electron chi connectivity index (χ2n) is 6.85. The average molecular weight is 455 g/mol. The first-order valence-electron chi connectivity index (χ1n) is 9.57. The predicted molar refractivity (Wildman–Crippen MR) is 118 cm³/mol. The van der Waals surface area contributed by atoms with Crippen LogP contribution >= 0.6 is 23.5 Å². The summed E-state index contributed by atoms with van der Waals surface area (Å²) in [4.78, 5) is 13.0. The van der Waals surface area contributed by atoms with Crippen LogP contribution in [0.15, 0.2) is 72.3 Å². The fourth-order valence-corrected chi connectivity index (χ4v) is 4.38. The molecule has 0 bridgehead atoms. The number of nitrogens with zero attached hydrogens (tertiary/aromatic N) is 4. The van der Waals surface area contributed by atoms with Crippen molar-refractivity contribution in [1.82, 2.24) is 15.2 Å². The first-order valence-corrected chi connectivity index (χ1v) is 11.9. The number of hydrogen-bond acceptors (Lipinski definition) is 9. The highest BCUT2D eigenvalue weighted by Gasteiger charge is 2.36. The molecule has 8 nitrogen and oxygen atoms in total. The molecule has 1 aliphatic rings. The summed E-state index contributed by atoms with van der Waals surface area (Å²) in [6.07, 6.45) is 4.06. The Morgan fingerprint density at radius 1 is 1.19 bits per heavy atom. The van der Waals surface area contributed by atoms with E-state index >= 15 is 0 Å². The van der Waals surface area contributed by atoms with Crippen molar-refractivity contribution < 1.29 is 18.0 Å². The molecule has 4 aromatic rings. The van der Waals surface area contributed by atoms with Gasteiger partial charge in [0.15, 0.2) is 5.76 Å². The van der Waals surface area contributed by atoms with E-state index in [-0.39, 0.29) is 17.7 Å². The number of rotatable bonds is 7. The topological polar surface area (TPSA) is 97.9 Å². The Morgan fingerprint density at radius 2 is 2.10 bits per heavy atom. The average Bonchev–Trinajstić information content (AvgIpc) is 3.57. The number of carbonyl (C=O) groups excluding carboxylic acids is 1. The Balaban J connectivity index is 1.37. The van der Waals surface area contributed by atoms with Gasteiger partial charge in [0.25, 0.3) is 11.1 Å². The van der Waals surface area contributed by atoms with E-state index in [9.17, 15) is 4.79 Å². The Bertz CT molecular complexity index is 1200. The molecule has 1 aliphatic heterocycles. The lowest BCUT2D eigenvalue weighted by molar-refractivity contribution is -0.130. The fourth-order valence-electron chi connectivity index (χ4n) is 3.38. The van der Waals surface area contributed by atoms with Gasteiger partial charge in [-0.05, 0) is 30.5 Å². The van der Waals surface area contributed by atoms with Gasteiger partial charge in [0.05, 0.1) is 17.8 Å². The van der Waals surface area contributed by atoms with E-state index in [1.807, 2.05) is 42.7 Å². The van der Waals surface area contributed by atoms with E-state index in [0.29, 0.717) is 40.5 Å². The molecular weight excluding hydrogens is 436 g/mol. The Morgan fingerprint density at radius 3 is 2.90 bits per heavy atom. The van der Waals surface area contributed by atoms with E-state index in [2.05, 4.69) is 15.3 Å². The molecule has 10 heteroatoms. The van der Waals surface area contributed by atoms with Gasteiger partial charge in [0.2, 0.25) is 5.89 Å². The lowest BCUT2D eigenvalue weighted by Crippen LogP contribution is -2.28. The molecule has 0 radical (unpaired) electrons. The maximum Gasteiger partial charge on any atom is 0.277 e. The quantitative estimate of drug-likeness (QED) is 0.369. The number of fused-ring (bicyclic) bond motifs is 1. The van der Waals surface area contributed by atoms with E-state index in [4.69, 9.17) is 13.3 Å². The van der Waals surface area contributed by atoms with Crippen molar-refractivity contribution in [3.8, 4) is 0 Å². The van der Waals surface area contributed by atoms with Gasteiger partial charge < -0.3 is 13.3 Å². The molecule has 0 spiro atoms. The van der Waals surface area contributed by atoms with Crippen molar-refractivity contribution in [3.05, 3.63) is 66.1 Å². The molecule has 31 heavy (non-hydrogen) atoms. The maximum atomic E-state index is 13.0. The monoisotopic (exact) mass is 454 g/mol. The van der Waals surface area contributed by atoms with Gasteiger partial charge in [0, 0.05) is 11.8 Å². The number of thioether (sulfide) groups is 2. The summed E-state index contributed by atoms with van der Waals surface area (Å²) < 4.78 is 17.1. The summed E-state index contributed by atoms with van der Waals surface area (Å²) in [6, 6.07) is 13.0. The van der Waals surface area contributed by atoms with Crippen molar-refractivity contribution in [2.45, 2.75) is 23.4 Å². The molecule has 5 rings (SSSR count). The third-order valence-electron chi connectivity index (χ3n) is 4.78. The normalized spacial score (nSPS) is 16.2. The molecule has 158 valence electrons. The number of amides is 1. The highest BCUT2D eigenvalue weighted by Crippen LogP contribution is 2.35. The SMILES string of the molecule is CSCc1nnc(SCC(=O)N2N=C(c3cc4ccccc4o3)CC2c2ccco2)o1. The molecular formula is C21H18N4O4S2. The second kappa shape index (κ2) is 8.64. The summed E-state index contributed by atoms with van der Waals surface area (Å²) >= 11 is 2.79. The highest BCUT2D eigenvalue weighted by atomic mass is 32.2. The van der Waals surface area contributed by atoms with E-state index in [1.54, 1.807) is 24.1 Å². The van der Waals surface area contributed by atoms with Crippen molar-refractivity contribution >= 4 is 46.1 Å². The number of furan rings is 2. The first-order chi connectivity index (χ1) is 15.2. The molecule has 1 atom stereocenters. The van der Waals surface area contributed by atoms with Gasteiger partial charge >= 0.3 is 0 Å². The van der Waals surface area contributed by atoms with E-state index < -0.39 is 0 Å². The van der Waals surface area contributed by atoms with E-state index in [1.165, 1.54) is 16.8 Å². The molecule has 0 N–H and O–H groups in total. The minimum Gasteiger partial charge on any atom is -0.467 e. The number of hydrogen-bond donors (Lipinski definition) is 0. The van der Waals surface area contributed by atoms with Gasteiger partial charge in [-0.25, -0.2) is 5.01 Å². The number of hydrazone groups is 1. The van der Waals surface area contributed by atoms with Crippen LogP contribution < -0.4 is 0 Å². The van der Waals surface area contributed by atoms with Gasteiger partial charge in [-0.1, -0.05) is 30.0 Å². The third kappa shape index (κ3) is 4.13. The standard InChI is InChI=1S/C21H18N4O4S2/c1-30-11-19-22-23-21(29-19)31-12-20(26)25-15(17-7-4-8-27-17)10-14(24-25)18-9-13-5-2-3-6-16(13)28-18/h2-9,15H,10-12H2,1H3. The zero-order valence-corrected chi connectivity index (χ0v) is 18.2. The Hall–Kier alpha value is -2.98. The summed E-state index contributed by atoms with van der Waals surface area (Å²) in [5, 5.41) is 15.4. The predicted octanol–water partition coefficient (Wildman–Crippen LogP) is 4.74. The van der Waals surface area contributed by atoms with Crippen LogP contribution in [0.25, 0.3) is 11.0 Å². The van der Waals surface area contributed by atoms with Gasteiger partial charge in [0.1, 0.15) is 23.1 Å². The lowest BCUT2D eigenvalue weighted by Gasteiger charge is -2.19. The van der Waals surface area contributed by atoms with Crippen LogP contribution in [0.1, 0.15) is 29.9 Å². The number of carbonyl (C=O) groups is 1. The second-order valence-corrected chi connectivity index (χ2v) is 8.64. The van der Waals surface area contributed by atoms with Crippen LogP contribution in [0.2, 0.25) is 0 Å². The molecule has 4 heterocycles.